The van der Waals surface area contributed by atoms with E-state index in [1.54, 1.807) is 6.07 Å². The van der Waals surface area contributed by atoms with E-state index in [4.69, 9.17) is 4.74 Å². The van der Waals surface area contributed by atoms with Gasteiger partial charge in [-0.1, -0.05) is 36.4 Å². The summed E-state index contributed by atoms with van der Waals surface area (Å²) in [6, 6.07) is 17.9. The van der Waals surface area contributed by atoms with Crippen LogP contribution in [-0.2, 0) is 25.7 Å². The van der Waals surface area contributed by atoms with Gasteiger partial charge in [-0.05, 0) is 43.2 Å². The number of alkyl halides is 6. The number of fused-ring (bicyclic) bond motifs is 1. The Labute approximate surface area is 229 Å². The molecule has 3 aromatic rings. The average Bonchev–Trinajstić information content (AvgIpc) is 3.41. The van der Waals surface area contributed by atoms with Gasteiger partial charge >= 0.3 is 18.3 Å². The van der Waals surface area contributed by atoms with E-state index < -0.39 is 46.9 Å². The fraction of sp³-hybridized carbons (Fsp3) is 0.346. The Morgan fingerprint density at radius 1 is 0.875 bits per heavy atom. The zero-order valence-electron chi connectivity index (χ0n) is 20.7. The maximum absolute atomic E-state index is 12.4. The van der Waals surface area contributed by atoms with Crippen LogP contribution in [0.2, 0.25) is 0 Å². The molecule has 0 N–H and O–H groups in total. The minimum absolute atomic E-state index is 0.181. The summed E-state index contributed by atoms with van der Waals surface area (Å²) in [4.78, 5) is 12.6. The van der Waals surface area contributed by atoms with Gasteiger partial charge in [-0.25, -0.2) is 13.2 Å². The highest BCUT2D eigenvalue weighted by Gasteiger charge is 2.44. The molecule has 1 aliphatic heterocycles. The first kappa shape index (κ1) is 31.6. The number of esters is 1. The maximum Gasteiger partial charge on any atom is 0.426 e. The van der Waals surface area contributed by atoms with Crippen LogP contribution in [0.25, 0.3) is 10.8 Å². The van der Waals surface area contributed by atoms with Crippen LogP contribution in [0.15, 0.2) is 71.6 Å². The molecule has 1 saturated heterocycles. The molecule has 1 fully saturated rings. The third-order valence-corrected chi connectivity index (χ3v) is 8.81. The lowest BCUT2D eigenvalue weighted by Gasteiger charge is -2.21. The van der Waals surface area contributed by atoms with E-state index in [0.29, 0.717) is 5.75 Å². The van der Waals surface area contributed by atoms with Crippen molar-refractivity contribution in [3.8, 4) is 5.75 Å². The van der Waals surface area contributed by atoms with E-state index in [0.717, 1.165) is 10.8 Å². The standard InChI is InChI=1S/C16H16F3OS.C10H9F3O5S/c17-16(18,19)11-20-14-7-8-15(21-9-3-4-10-21)13-6-2-1-5-12(13)14;11-10(12,13)8(6-19(15,16)17)18-9(14)7-4-2-1-3-5-7/h1-2,5-8H,3-4,9-11H2;1-5,8H,6H2,(H,15,16,17)/q+1;/p-1. The third kappa shape index (κ3) is 9.59. The van der Waals surface area contributed by atoms with Crippen LogP contribution >= 0.6 is 0 Å². The number of carbonyl (C=O) groups excluding carboxylic acids is 1. The summed E-state index contributed by atoms with van der Waals surface area (Å²) in [6.45, 7) is -1.25. The number of hydrogen-bond acceptors (Lipinski definition) is 6. The lowest BCUT2D eigenvalue weighted by Crippen LogP contribution is -2.39. The molecule has 40 heavy (non-hydrogen) atoms. The molecule has 0 saturated carbocycles. The van der Waals surface area contributed by atoms with E-state index in [2.05, 4.69) is 4.74 Å². The molecule has 0 aliphatic carbocycles. The monoisotopic (exact) mass is 610 g/mol. The first-order valence-corrected chi connectivity index (χ1v) is 14.9. The SMILES string of the molecule is FC(F)(F)COc1ccc([S+]2CCCC2)c2ccccc12.O=C(OC(CS(=O)(=O)[O-])C(F)(F)F)c1ccccc1. The number of hydrogen-bond donors (Lipinski definition) is 0. The smallest absolute Gasteiger partial charge is 0.426 e. The van der Waals surface area contributed by atoms with E-state index in [-0.39, 0.29) is 16.5 Å². The van der Waals surface area contributed by atoms with E-state index in [1.807, 2.05) is 30.3 Å². The van der Waals surface area contributed by atoms with Crippen molar-refractivity contribution in [2.24, 2.45) is 0 Å². The molecule has 6 nitrogen and oxygen atoms in total. The quantitative estimate of drug-likeness (QED) is 0.144. The first-order chi connectivity index (χ1) is 18.6. The van der Waals surface area contributed by atoms with Gasteiger partial charge in [-0.2, -0.15) is 26.3 Å². The Balaban J connectivity index is 0.000000222. The van der Waals surface area contributed by atoms with Crippen LogP contribution < -0.4 is 4.74 Å². The summed E-state index contributed by atoms with van der Waals surface area (Å²) in [7, 11) is -4.95. The molecule has 1 heterocycles. The Morgan fingerprint density at radius 2 is 1.45 bits per heavy atom. The highest BCUT2D eigenvalue weighted by Crippen LogP contribution is 2.35. The Bertz CT molecular complexity index is 1390. The fourth-order valence-electron chi connectivity index (χ4n) is 3.81. The summed E-state index contributed by atoms with van der Waals surface area (Å²) in [5.74, 6) is -0.518. The van der Waals surface area contributed by atoms with Crippen molar-refractivity contribution < 1.29 is 53.6 Å². The fourth-order valence-corrected chi connectivity index (χ4v) is 6.93. The van der Waals surface area contributed by atoms with Crippen LogP contribution in [0.3, 0.4) is 0 Å². The molecule has 1 aliphatic rings. The highest BCUT2D eigenvalue weighted by atomic mass is 32.2. The molecule has 4 rings (SSSR count). The molecular weight excluding hydrogens is 586 g/mol. The summed E-state index contributed by atoms with van der Waals surface area (Å²) in [5.41, 5.74) is -0.181. The van der Waals surface area contributed by atoms with Gasteiger partial charge in [0.25, 0.3) is 0 Å². The molecule has 0 bridgehead atoms. The first-order valence-electron chi connectivity index (χ1n) is 11.8. The Kier molecular flexibility index (Phi) is 10.4. The number of rotatable bonds is 7. The topological polar surface area (TPSA) is 92.7 Å². The Morgan fingerprint density at radius 3 is 2.00 bits per heavy atom. The van der Waals surface area contributed by atoms with Crippen molar-refractivity contribution >= 4 is 37.8 Å². The second-order valence-corrected chi connectivity index (χ2v) is 12.3. The van der Waals surface area contributed by atoms with Gasteiger partial charge in [-0.15, -0.1) is 0 Å². The van der Waals surface area contributed by atoms with Crippen LogP contribution in [0.5, 0.6) is 5.75 Å². The summed E-state index contributed by atoms with van der Waals surface area (Å²) in [6.07, 6.45) is -9.95. The van der Waals surface area contributed by atoms with Gasteiger partial charge in [0.1, 0.15) is 17.3 Å². The molecule has 14 heteroatoms. The second-order valence-electron chi connectivity index (χ2n) is 8.65. The lowest BCUT2D eigenvalue weighted by atomic mass is 10.1. The molecule has 218 valence electrons. The van der Waals surface area contributed by atoms with Gasteiger partial charge in [0.15, 0.2) is 11.5 Å². The third-order valence-electron chi connectivity index (χ3n) is 5.56. The summed E-state index contributed by atoms with van der Waals surface area (Å²) < 4.78 is 114. The largest absolute Gasteiger partial charge is 0.748 e. The Hall–Kier alpha value is -2.97. The van der Waals surface area contributed by atoms with Crippen molar-refractivity contribution in [3.05, 3.63) is 72.3 Å². The molecule has 3 aromatic carbocycles. The number of ether oxygens (including phenoxy) is 2. The van der Waals surface area contributed by atoms with Crippen LogP contribution in [-0.4, -0.2) is 61.3 Å². The molecule has 0 spiro atoms. The van der Waals surface area contributed by atoms with Crippen molar-refractivity contribution in [1.29, 1.82) is 0 Å². The van der Waals surface area contributed by atoms with E-state index in [9.17, 15) is 44.1 Å². The van der Waals surface area contributed by atoms with Gasteiger partial charge in [0.05, 0.1) is 21.4 Å². The summed E-state index contributed by atoms with van der Waals surface area (Å²) in [5, 5.41) is 1.81. The highest BCUT2D eigenvalue weighted by molar-refractivity contribution is 7.97. The van der Waals surface area contributed by atoms with E-state index >= 15 is 0 Å². The summed E-state index contributed by atoms with van der Waals surface area (Å²) >= 11 is 0. The van der Waals surface area contributed by atoms with Crippen LogP contribution in [0.4, 0.5) is 26.3 Å². The predicted octanol–water partition coefficient (Wildman–Crippen LogP) is 5.87. The molecular formula is C26H24F6O6S2. The normalized spacial score (nSPS) is 15.3. The minimum atomic E-state index is -5.18. The van der Waals surface area contributed by atoms with Crippen molar-refractivity contribution in [2.75, 3.05) is 23.9 Å². The van der Waals surface area contributed by atoms with Gasteiger partial charge in [0.2, 0.25) is 6.10 Å². The average molecular weight is 611 g/mol. The number of halogens is 6. The predicted molar refractivity (Wildman–Crippen MR) is 136 cm³/mol. The minimum Gasteiger partial charge on any atom is -0.748 e. The molecule has 0 radical (unpaired) electrons. The molecule has 1 unspecified atom stereocenters. The molecule has 0 aromatic heterocycles. The van der Waals surface area contributed by atoms with Gasteiger partial charge in [0, 0.05) is 21.7 Å². The number of benzene rings is 3. The van der Waals surface area contributed by atoms with Crippen molar-refractivity contribution in [2.45, 2.75) is 36.2 Å². The van der Waals surface area contributed by atoms with Crippen molar-refractivity contribution in [1.82, 2.24) is 0 Å². The zero-order chi connectivity index (χ0) is 29.6. The van der Waals surface area contributed by atoms with Gasteiger partial charge < -0.3 is 14.0 Å². The molecule has 0 amide bonds. The maximum atomic E-state index is 12.4. The number of carbonyl (C=O) groups is 1. The van der Waals surface area contributed by atoms with Gasteiger partial charge in [-0.3, -0.25) is 0 Å². The van der Waals surface area contributed by atoms with Crippen LogP contribution in [0, 0.1) is 0 Å². The van der Waals surface area contributed by atoms with E-state index in [1.165, 1.54) is 59.6 Å². The molecule has 1 atom stereocenters. The lowest BCUT2D eigenvalue weighted by molar-refractivity contribution is -0.197. The second kappa shape index (κ2) is 13.1. The zero-order valence-corrected chi connectivity index (χ0v) is 22.3. The van der Waals surface area contributed by atoms with Crippen molar-refractivity contribution in [3.63, 3.8) is 0 Å². The van der Waals surface area contributed by atoms with Crippen LogP contribution in [0.1, 0.15) is 23.2 Å².